The minimum Gasteiger partial charge on any atom is -0.496 e. The van der Waals surface area contributed by atoms with Crippen molar-refractivity contribution in [1.29, 1.82) is 0 Å². The van der Waals surface area contributed by atoms with E-state index < -0.39 is 0 Å². The van der Waals surface area contributed by atoms with Crippen LogP contribution in [0.3, 0.4) is 0 Å². The summed E-state index contributed by atoms with van der Waals surface area (Å²) in [5.74, 6) is 0.572. The summed E-state index contributed by atoms with van der Waals surface area (Å²) >= 11 is 1.52. The van der Waals surface area contributed by atoms with Crippen molar-refractivity contribution in [2.45, 2.75) is 26.4 Å². The Morgan fingerprint density at radius 1 is 1.35 bits per heavy atom. The van der Waals surface area contributed by atoms with Crippen molar-refractivity contribution in [2.75, 3.05) is 14.2 Å². The van der Waals surface area contributed by atoms with Gasteiger partial charge in [0.2, 0.25) is 5.91 Å². The standard InChI is InChI=1S/C19H21N3O3S/c1-4-14-9-15-18(26-14)20-12-22(19(15)24)11-17(23)21(2)10-13-7-5-6-8-16(13)25-3/h5-9,12H,4,10-11H2,1-3H3. The average molecular weight is 371 g/mol. The Bertz CT molecular complexity index is 993. The fourth-order valence-corrected chi connectivity index (χ4v) is 3.67. The van der Waals surface area contributed by atoms with Crippen molar-refractivity contribution in [3.63, 3.8) is 0 Å². The molecule has 0 saturated heterocycles. The zero-order valence-corrected chi connectivity index (χ0v) is 15.9. The molecule has 0 unspecified atom stereocenters. The Kier molecular flexibility index (Phi) is 5.37. The number of nitrogens with zero attached hydrogens (tertiary/aromatic N) is 3. The van der Waals surface area contributed by atoms with E-state index in [1.165, 1.54) is 22.2 Å². The zero-order chi connectivity index (χ0) is 18.7. The van der Waals surface area contributed by atoms with Gasteiger partial charge in [0, 0.05) is 24.0 Å². The summed E-state index contributed by atoms with van der Waals surface area (Å²) in [5.41, 5.74) is 0.738. The van der Waals surface area contributed by atoms with Gasteiger partial charge in [-0.05, 0) is 18.6 Å². The number of hydrogen-bond acceptors (Lipinski definition) is 5. The van der Waals surface area contributed by atoms with Gasteiger partial charge in [-0.1, -0.05) is 25.1 Å². The molecule has 3 aromatic rings. The number of carbonyl (C=O) groups excluding carboxylic acids is 1. The average Bonchev–Trinajstić information content (AvgIpc) is 3.08. The van der Waals surface area contributed by atoms with Crippen molar-refractivity contribution < 1.29 is 9.53 Å². The number of methoxy groups -OCH3 is 1. The number of ether oxygens (including phenoxy) is 1. The highest BCUT2D eigenvalue weighted by atomic mass is 32.1. The number of rotatable bonds is 6. The van der Waals surface area contributed by atoms with Crippen molar-refractivity contribution in [3.05, 3.63) is 57.5 Å². The summed E-state index contributed by atoms with van der Waals surface area (Å²) in [6.45, 7) is 2.41. The summed E-state index contributed by atoms with van der Waals surface area (Å²) in [5, 5.41) is 0.578. The zero-order valence-electron chi connectivity index (χ0n) is 15.1. The molecule has 0 aliphatic carbocycles. The van der Waals surface area contributed by atoms with Gasteiger partial charge >= 0.3 is 0 Å². The van der Waals surface area contributed by atoms with E-state index in [2.05, 4.69) is 4.98 Å². The van der Waals surface area contributed by atoms with Crippen LogP contribution in [0.15, 0.2) is 41.5 Å². The molecule has 0 aliphatic rings. The Hall–Kier alpha value is -2.67. The lowest BCUT2D eigenvalue weighted by molar-refractivity contribution is -0.131. The van der Waals surface area contributed by atoms with Gasteiger partial charge in [0.15, 0.2) is 0 Å². The number of fused-ring (bicyclic) bond motifs is 1. The van der Waals surface area contributed by atoms with Gasteiger partial charge in [-0.2, -0.15) is 0 Å². The second-order valence-electron chi connectivity index (χ2n) is 6.02. The number of likely N-dealkylation sites (N-methyl/N-ethyl adjacent to an activating group) is 1. The molecule has 136 valence electrons. The Balaban J connectivity index is 1.78. The predicted octanol–water partition coefficient (Wildman–Crippen LogP) is 2.69. The lowest BCUT2D eigenvalue weighted by Gasteiger charge is -2.19. The maximum absolute atomic E-state index is 12.6. The van der Waals surface area contributed by atoms with E-state index in [0.717, 1.165) is 27.4 Å². The van der Waals surface area contributed by atoms with E-state index in [9.17, 15) is 9.59 Å². The van der Waals surface area contributed by atoms with Gasteiger partial charge in [0.25, 0.3) is 5.56 Å². The van der Waals surface area contributed by atoms with E-state index >= 15 is 0 Å². The number of aromatic nitrogens is 2. The third kappa shape index (κ3) is 3.62. The molecule has 0 saturated carbocycles. The number of thiophene rings is 1. The van der Waals surface area contributed by atoms with Crippen LogP contribution in [0.5, 0.6) is 5.75 Å². The Morgan fingerprint density at radius 2 is 2.12 bits per heavy atom. The molecule has 2 heterocycles. The predicted molar refractivity (Wildman–Crippen MR) is 103 cm³/mol. The van der Waals surface area contributed by atoms with Crippen LogP contribution in [-0.4, -0.2) is 34.5 Å². The molecule has 0 spiro atoms. The van der Waals surface area contributed by atoms with Crippen LogP contribution < -0.4 is 10.3 Å². The molecule has 0 N–H and O–H groups in total. The molecule has 0 atom stereocenters. The topological polar surface area (TPSA) is 64.4 Å². The van der Waals surface area contributed by atoms with Crippen LogP contribution in [0.1, 0.15) is 17.4 Å². The number of benzene rings is 1. The molecule has 26 heavy (non-hydrogen) atoms. The Labute approximate surface area is 155 Å². The first-order valence-electron chi connectivity index (χ1n) is 8.37. The fourth-order valence-electron chi connectivity index (χ4n) is 2.74. The van der Waals surface area contributed by atoms with Gasteiger partial charge < -0.3 is 9.64 Å². The van der Waals surface area contributed by atoms with E-state index in [4.69, 9.17) is 4.74 Å². The summed E-state index contributed by atoms with van der Waals surface area (Å²) in [6.07, 6.45) is 2.32. The largest absolute Gasteiger partial charge is 0.496 e. The molecule has 1 amide bonds. The number of hydrogen-bond donors (Lipinski definition) is 0. The van der Waals surface area contributed by atoms with Gasteiger partial charge in [-0.25, -0.2) is 4.98 Å². The highest BCUT2D eigenvalue weighted by Gasteiger charge is 2.15. The second kappa shape index (κ2) is 7.70. The van der Waals surface area contributed by atoms with Crippen molar-refractivity contribution in [3.8, 4) is 5.75 Å². The monoisotopic (exact) mass is 371 g/mol. The highest BCUT2D eigenvalue weighted by molar-refractivity contribution is 7.18. The van der Waals surface area contributed by atoms with Crippen molar-refractivity contribution >= 4 is 27.5 Å². The van der Waals surface area contributed by atoms with E-state index in [1.807, 2.05) is 37.3 Å². The minimum atomic E-state index is -0.176. The fraction of sp³-hybridized carbons (Fsp3) is 0.316. The van der Waals surface area contributed by atoms with Crippen LogP contribution in [0.2, 0.25) is 0 Å². The molecule has 0 radical (unpaired) electrons. The van der Waals surface area contributed by atoms with Gasteiger partial charge in [0.05, 0.1) is 18.8 Å². The molecule has 2 aromatic heterocycles. The van der Waals surface area contributed by atoms with Gasteiger partial charge in [0.1, 0.15) is 17.1 Å². The first-order chi connectivity index (χ1) is 12.5. The quantitative estimate of drug-likeness (QED) is 0.668. The van der Waals surface area contributed by atoms with Crippen LogP contribution in [0, 0.1) is 0 Å². The van der Waals surface area contributed by atoms with E-state index in [1.54, 1.807) is 19.1 Å². The minimum absolute atomic E-state index is 0.0370. The molecule has 1 aromatic carbocycles. The lowest BCUT2D eigenvalue weighted by atomic mass is 10.2. The van der Waals surface area contributed by atoms with Gasteiger partial charge in [-0.3, -0.25) is 14.2 Å². The summed E-state index contributed by atoms with van der Waals surface area (Å²) in [6, 6.07) is 9.43. The molecular formula is C19H21N3O3S. The van der Waals surface area contributed by atoms with Crippen LogP contribution >= 0.6 is 11.3 Å². The first kappa shape index (κ1) is 18.1. The molecule has 0 fully saturated rings. The number of aryl methyl sites for hydroxylation is 1. The molecule has 7 heteroatoms. The maximum Gasteiger partial charge on any atom is 0.262 e. The first-order valence-corrected chi connectivity index (χ1v) is 9.18. The molecule has 6 nitrogen and oxygen atoms in total. The Morgan fingerprint density at radius 3 is 2.85 bits per heavy atom. The normalized spacial score (nSPS) is 10.9. The summed E-state index contributed by atoms with van der Waals surface area (Å²) < 4.78 is 6.69. The van der Waals surface area contributed by atoms with Gasteiger partial charge in [-0.15, -0.1) is 11.3 Å². The van der Waals surface area contributed by atoms with E-state index in [0.29, 0.717) is 11.9 Å². The lowest BCUT2D eigenvalue weighted by Crippen LogP contribution is -2.33. The number of para-hydroxylation sites is 1. The third-order valence-corrected chi connectivity index (χ3v) is 5.44. The van der Waals surface area contributed by atoms with Crippen LogP contribution in [0.25, 0.3) is 10.2 Å². The number of carbonyl (C=O) groups is 1. The maximum atomic E-state index is 12.6. The molecule has 3 rings (SSSR count). The molecule has 0 aliphatic heterocycles. The smallest absolute Gasteiger partial charge is 0.262 e. The van der Waals surface area contributed by atoms with E-state index in [-0.39, 0.29) is 18.0 Å². The summed E-state index contributed by atoms with van der Waals surface area (Å²) in [4.78, 5) is 32.9. The SMILES string of the molecule is CCc1cc2c(=O)n(CC(=O)N(C)Cc3ccccc3OC)cnc2s1. The summed E-state index contributed by atoms with van der Waals surface area (Å²) in [7, 11) is 3.32. The molecule has 0 bridgehead atoms. The number of amides is 1. The van der Waals surface area contributed by atoms with Crippen LogP contribution in [-0.2, 0) is 24.3 Å². The third-order valence-electron chi connectivity index (χ3n) is 4.25. The van der Waals surface area contributed by atoms with Crippen LogP contribution in [0.4, 0.5) is 0 Å². The van der Waals surface area contributed by atoms with Crippen molar-refractivity contribution in [2.24, 2.45) is 0 Å². The molecular weight excluding hydrogens is 350 g/mol. The second-order valence-corrected chi connectivity index (χ2v) is 7.14. The van der Waals surface area contributed by atoms with Crippen molar-refractivity contribution in [1.82, 2.24) is 14.5 Å². The highest BCUT2D eigenvalue weighted by Crippen LogP contribution is 2.21.